The van der Waals surface area contributed by atoms with Gasteiger partial charge in [-0.3, -0.25) is 4.90 Å². The van der Waals surface area contributed by atoms with Crippen molar-refractivity contribution in [3.63, 3.8) is 0 Å². The fourth-order valence-corrected chi connectivity index (χ4v) is 4.46. The monoisotopic (exact) mass is 304 g/mol. The zero-order valence-electron chi connectivity index (χ0n) is 11.9. The quantitative estimate of drug-likeness (QED) is 0.923. The van der Waals surface area contributed by atoms with E-state index in [1.54, 1.807) is 12.1 Å². The predicted molar refractivity (Wildman–Crippen MR) is 83.2 cm³/mol. The molecule has 0 saturated carbocycles. The number of fused-ring (bicyclic) bond motifs is 1. The number of benzene rings is 1. The number of nitrogens with zero attached hydrogens (tertiary/aromatic N) is 2. The van der Waals surface area contributed by atoms with Gasteiger partial charge in [0.25, 0.3) is 0 Å². The molecule has 3 rings (SSSR count). The molecule has 0 aliphatic carbocycles. The summed E-state index contributed by atoms with van der Waals surface area (Å²) < 4.78 is 5.56. The Bertz CT molecular complexity index is 512. The third-order valence-corrected chi connectivity index (χ3v) is 5.58. The number of aliphatic hydroxyl groups excluding tert-OH is 1. The summed E-state index contributed by atoms with van der Waals surface area (Å²) in [6.45, 7) is 3.34. The molecule has 2 aliphatic heterocycles. The fourth-order valence-electron chi connectivity index (χ4n) is 3.10. The molecule has 5 heteroatoms. The standard InChI is InChI=1S/C16H20N2O2S/c17-9-12-1-3-13(4-2-12)15(19)10-18-6-8-21-16-11-20-7-5-14(16)18/h1-4,14-16,19H,5-8,10-11H2. The molecule has 2 heterocycles. The van der Waals surface area contributed by atoms with E-state index < -0.39 is 6.10 Å². The minimum absolute atomic E-state index is 0.496. The van der Waals surface area contributed by atoms with E-state index in [1.807, 2.05) is 23.9 Å². The van der Waals surface area contributed by atoms with Crippen LogP contribution in [0.3, 0.4) is 0 Å². The highest BCUT2D eigenvalue weighted by Gasteiger charge is 2.35. The van der Waals surface area contributed by atoms with Gasteiger partial charge in [0, 0.05) is 36.7 Å². The number of β-amino-alcohol motifs (C(OH)–C–C–N with tert-alkyl or cyclic N) is 1. The van der Waals surface area contributed by atoms with E-state index in [1.165, 1.54) is 0 Å². The minimum Gasteiger partial charge on any atom is -0.387 e. The van der Waals surface area contributed by atoms with Gasteiger partial charge >= 0.3 is 0 Å². The lowest BCUT2D eigenvalue weighted by molar-refractivity contribution is 0.0178. The van der Waals surface area contributed by atoms with E-state index in [9.17, 15) is 5.11 Å². The molecule has 1 aromatic rings. The second-order valence-corrected chi connectivity index (χ2v) is 6.93. The Balaban J connectivity index is 1.65. The maximum atomic E-state index is 10.5. The summed E-state index contributed by atoms with van der Waals surface area (Å²) in [6.07, 6.45) is 0.557. The van der Waals surface area contributed by atoms with Gasteiger partial charge in [-0.25, -0.2) is 0 Å². The van der Waals surface area contributed by atoms with Crippen LogP contribution in [0, 0.1) is 11.3 Å². The van der Waals surface area contributed by atoms with Crippen molar-refractivity contribution in [2.75, 3.05) is 32.1 Å². The van der Waals surface area contributed by atoms with Gasteiger partial charge in [0.1, 0.15) is 0 Å². The maximum absolute atomic E-state index is 10.5. The molecule has 0 spiro atoms. The number of thioether (sulfide) groups is 1. The molecule has 0 amide bonds. The Morgan fingerprint density at radius 3 is 3.00 bits per heavy atom. The number of aliphatic hydroxyl groups is 1. The van der Waals surface area contributed by atoms with Gasteiger partial charge < -0.3 is 9.84 Å². The lowest BCUT2D eigenvalue weighted by Gasteiger charge is -2.44. The molecule has 0 aromatic heterocycles. The van der Waals surface area contributed by atoms with Gasteiger partial charge in [0.2, 0.25) is 0 Å². The Morgan fingerprint density at radius 2 is 2.24 bits per heavy atom. The van der Waals surface area contributed by atoms with Gasteiger partial charge in [0.05, 0.1) is 24.3 Å². The lowest BCUT2D eigenvalue weighted by atomic mass is 10.0. The maximum Gasteiger partial charge on any atom is 0.0991 e. The smallest absolute Gasteiger partial charge is 0.0991 e. The average molecular weight is 304 g/mol. The van der Waals surface area contributed by atoms with Crippen molar-refractivity contribution in [2.24, 2.45) is 0 Å². The van der Waals surface area contributed by atoms with Crippen molar-refractivity contribution in [1.82, 2.24) is 4.90 Å². The first-order valence-corrected chi connectivity index (χ1v) is 8.44. The van der Waals surface area contributed by atoms with Crippen LogP contribution in [-0.2, 0) is 4.74 Å². The molecule has 0 radical (unpaired) electrons. The number of hydrogen-bond acceptors (Lipinski definition) is 5. The lowest BCUT2D eigenvalue weighted by Crippen LogP contribution is -2.52. The Morgan fingerprint density at radius 1 is 1.43 bits per heavy atom. The van der Waals surface area contributed by atoms with Crippen molar-refractivity contribution in [3.05, 3.63) is 35.4 Å². The summed E-state index contributed by atoms with van der Waals surface area (Å²) in [7, 11) is 0. The normalized spacial score (nSPS) is 27.6. The van der Waals surface area contributed by atoms with Crippen LogP contribution in [0.4, 0.5) is 0 Å². The average Bonchev–Trinajstić information content (AvgIpc) is 2.55. The van der Waals surface area contributed by atoms with Gasteiger partial charge in [-0.05, 0) is 24.1 Å². The summed E-state index contributed by atoms with van der Waals surface area (Å²) in [6, 6.07) is 9.85. The summed E-state index contributed by atoms with van der Waals surface area (Å²) in [5.74, 6) is 1.10. The second kappa shape index (κ2) is 6.80. The minimum atomic E-state index is -0.496. The van der Waals surface area contributed by atoms with Crippen molar-refractivity contribution in [3.8, 4) is 6.07 Å². The van der Waals surface area contributed by atoms with Crippen LogP contribution < -0.4 is 0 Å². The SMILES string of the molecule is N#Cc1ccc(C(O)CN2CCSC3COCCC32)cc1. The Kier molecular flexibility index (Phi) is 4.81. The third-order valence-electron chi connectivity index (χ3n) is 4.28. The van der Waals surface area contributed by atoms with E-state index in [2.05, 4.69) is 11.0 Å². The van der Waals surface area contributed by atoms with Gasteiger partial charge in [-0.15, -0.1) is 0 Å². The van der Waals surface area contributed by atoms with Crippen LogP contribution in [0.2, 0.25) is 0 Å². The molecule has 0 bridgehead atoms. The molecule has 4 nitrogen and oxygen atoms in total. The molecule has 2 saturated heterocycles. The van der Waals surface area contributed by atoms with Crippen LogP contribution in [0.5, 0.6) is 0 Å². The zero-order chi connectivity index (χ0) is 14.7. The largest absolute Gasteiger partial charge is 0.387 e. The van der Waals surface area contributed by atoms with Crippen LogP contribution in [0.15, 0.2) is 24.3 Å². The van der Waals surface area contributed by atoms with Crippen molar-refractivity contribution in [1.29, 1.82) is 5.26 Å². The van der Waals surface area contributed by atoms with Crippen molar-refractivity contribution in [2.45, 2.75) is 23.8 Å². The number of rotatable bonds is 3. The summed E-state index contributed by atoms with van der Waals surface area (Å²) >= 11 is 1.99. The van der Waals surface area contributed by atoms with Crippen LogP contribution in [0.25, 0.3) is 0 Å². The topological polar surface area (TPSA) is 56.5 Å². The second-order valence-electron chi connectivity index (χ2n) is 5.58. The van der Waals surface area contributed by atoms with E-state index in [4.69, 9.17) is 10.00 Å². The summed E-state index contributed by atoms with van der Waals surface area (Å²) in [5.41, 5.74) is 1.51. The predicted octanol–water partition coefficient (Wildman–Crippen LogP) is 1.80. The fraction of sp³-hybridized carbons (Fsp3) is 0.562. The highest BCUT2D eigenvalue weighted by molar-refractivity contribution is 8.00. The molecule has 1 aromatic carbocycles. The first-order chi connectivity index (χ1) is 10.3. The van der Waals surface area contributed by atoms with Gasteiger partial charge in [0.15, 0.2) is 0 Å². The van der Waals surface area contributed by atoms with Crippen molar-refractivity contribution >= 4 is 11.8 Å². The molecule has 1 N–H and O–H groups in total. The highest BCUT2D eigenvalue weighted by Crippen LogP contribution is 2.31. The van der Waals surface area contributed by atoms with Gasteiger partial charge in [-0.2, -0.15) is 17.0 Å². The molecular formula is C16H20N2O2S. The number of nitriles is 1. The van der Waals surface area contributed by atoms with E-state index in [0.29, 0.717) is 23.4 Å². The number of ether oxygens (including phenoxy) is 1. The van der Waals surface area contributed by atoms with Gasteiger partial charge in [-0.1, -0.05) is 12.1 Å². The van der Waals surface area contributed by atoms with Crippen molar-refractivity contribution < 1.29 is 9.84 Å². The molecule has 3 atom stereocenters. The van der Waals surface area contributed by atoms with Crippen LogP contribution in [0.1, 0.15) is 23.7 Å². The van der Waals surface area contributed by atoms with Crippen LogP contribution in [-0.4, -0.2) is 53.4 Å². The van der Waals surface area contributed by atoms with E-state index in [-0.39, 0.29) is 0 Å². The molecule has 112 valence electrons. The third kappa shape index (κ3) is 3.41. The zero-order valence-corrected chi connectivity index (χ0v) is 12.8. The summed E-state index contributed by atoms with van der Waals surface area (Å²) in [4.78, 5) is 2.41. The molecule has 3 unspecified atom stereocenters. The summed E-state index contributed by atoms with van der Waals surface area (Å²) in [5, 5.41) is 19.8. The molecule has 21 heavy (non-hydrogen) atoms. The Hall–Kier alpha value is -1.06. The van der Waals surface area contributed by atoms with E-state index in [0.717, 1.165) is 37.5 Å². The molecule has 2 fully saturated rings. The van der Waals surface area contributed by atoms with E-state index >= 15 is 0 Å². The first-order valence-electron chi connectivity index (χ1n) is 7.39. The molecule has 2 aliphatic rings. The highest BCUT2D eigenvalue weighted by atomic mass is 32.2. The van der Waals surface area contributed by atoms with Crippen LogP contribution >= 0.6 is 11.8 Å². The Labute approximate surface area is 129 Å². The molecular weight excluding hydrogens is 284 g/mol. The number of hydrogen-bond donors (Lipinski definition) is 1. The first kappa shape index (κ1) is 14.9.